The van der Waals surface area contributed by atoms with E-state index < -0.39 is 10.0 Å². The Hall–Kier alpha value is -0.960. The molecule has 0 saturated carbocycles. The first kappa shape index (κ1) is 16.4. The monoisotopic (exact) mass is 315 g/mol. The van der Waals surface area contributed by atoms with Gasteiger partial charge < -0.3 is 10.2 Å². The SMILES string of the molecule is CCNCc1cn[nH]c1S(=O)(=O)NCCCN1CCCC1. The molecule has 1 fully saturated rings. The maximum Gasteiger partial charge on any atom is 0.257 e. The standard InChI is InChI=1S/C13H25N5O2S/c1-2-14-10-12-11-15-17-13(12)21(19,20)16-6-5-9-18-7-3-4-8-18/h11,14,16H,2-10H2,1H3,(H,15,17). The van der Waals surface area contributed by atoms with Crippen molar-refractivity contribution in [3.05, 3.63) is 11.8 Å². The Bertz CT molecular complexity index is 522. The molecule has 0 atom stereocenters. The molecule has 1 aromatic rings. The van der Waals surface area contributed by atoms with Crippen molar-refractivity contribution in [1.82, 2.24) is 25.1 Å². The van der Waals surface area contributed by atoms with E-state index in [1.807, 2.05) is 6.92 Å². The van der Waals surface area contributed by atoms with Crippen LogP contribution in [0, 0.1) is 0 Å². The van der Waals surface area contributed by atoms with Crippen LogP contribution < -0.4 is 10.0 Å². The van der Waals surface area contributed by atoms with Crippen LogP contribution in [0.4, 0.5) is 0 Å². The summed E-state index contributed by atoms with van der Waals surface area (Å²) in [6.45, 7) is 6.95. The number of nitrogens with one attached hydrogen (secondary N) is 3. The summed E-state index contributed by atoms with van der Waals surface area (Å²) in [4.78, 5) is 2.38. The fraction of sp³-hybridized carbons (Fsp3) is 0.769. The highest BCUT2D eigenvalue weighted by molar-refractivity contribution is 7.89. The van der Waals surface area contributed by atoms with Gasteiger partial charge in [-0.1, -0.05) is 6.92 Å². The Morgan fingerprint density at radius 3 is 2.86 bits per heavy atom. The molecule has 0 spiro atoms. The Morgan fingerprint density at radius 1 is 1.38 bits per heavy atom. The van der Waals surface area contributed by atoms with Crippen LogP contribution in [0.2, 0.25) is 0 Å². The predicted molar refractivity (Wildman–Crippen MR) is 81.4 cm³/mol. The van der Waals surface area contributed by atoms with Crippen molar-refractivity contribution in [2.24, 2.45) is 0 Å². The molecule has 8 heteroatoms. The minimum Gasteiger partial charge on any atom is -0.313 e. The van der Waals surface area contributed by atoms with E-state index in [9.17, 15) is 8.42 Å². The maximum absolute atomic E-state index is 12.2. The molecular weight excluding hydrogens is 290 g/mol. The van der Waals surface area contributed by atoms with E-state index >= 15 is 0 Å². The van der Waals surface area contributed by atoms with E-state index in [1.165, 1.54) is 12.8 Å². The number of sulfonamides is 1. The van der Waals surface area contributed by atoms with Gasteiger partial charge in [0.25, 0.3) is 10.0 Å². The molecular formula is C13H25N5O2S. The lowest BCUT2D eigenvalue weighted by atomic mass is 10.3. The van der Waals surface area contributed by atoms with Gasteiger partial charge in [-0.25, -0.2) is 13.1 Å². The number of likely N-dealkylation sites (tertiary alicyclic amines) is 1. The van der Waals surface area contributed by atoms with E-state index in [0.29, 0.717) is 18.7 Å². The van der Waals surface area contributed by atoms with Gasteiger partial charge in [0.2, 0.25) is 0 Å². The second kappa shape index (κ2) is 7.88. The summed E-state index contributed by atoms with van der Waals surface area (Å²) in [6, 6.07) is 0. The Balaban J connectivity index is 1.81. The van der Waals surface area contributed by atoms with Crippen LogP contribution in [0.25, 0.3) is 0 Å². The lowest BCUT2D eigenvalue weighted by Gasteiger charge is -2.14. The van der Waals surface area contributed by atoms with E-state index in [1.54, 1.807) is 6.20 Å². The highest BCUT2D eigenvalue weighted by Gasteiger charge is 2.20. The average molecular weight is 315 g/mol. The molecule has 21 heavy (non-hydrogen) atoms. The molecule has 0 aliphatic carbocycles. The van der Waals surface area contributed by atoms with Gasteiger partial charge in [0, 0.05) is 18.7 Å². The topological polar surface area (TPSA) is 90.1 Å². The molecule has 1 aromatic heterocycles. The zero-order chi connectivity index (χ0) is 15.1. The maximum atomic E-state index is 12.2. The van der Waals surface area contributed by atoms with Gasteiger partial charge in [0.15, 0.2) is 5.03 Å². The minimum absolute atomic E-state index is 0.171. The lowest BCUT2D eigenvalue weighted by molar-refractivity contribution is 0.334. The van der Waals surface area contributed by atoms with Crippen molar-refractivity contribution in [1.29, 1.82) is 0 Å². The molecule has 1 aliphatic heterocycles. The molecule has 0 aromatic carbocycles. The third-order valence-corrected chi connectivity index (χ3v) is 5.13. The second-order valence-corrected chi connectivity index (χ2v) is 7.01. The van der Waals surface area contributed by atoms with E-state index in [4.69, 9.17) is 0 Å². The van der Waals surface area contributed by atoms with Crippen LogP contribution in [-0.4, -0.2) is 56.2 Å². The summed E-state index contributed by atoms with van der Waals surface area (Å²) in [5.41, 5.74) is 0.670. The van der Waals surface area contributed by atoms with E-state index in [0.717, 1.165) is 32.6 Å². The number of aromatic amines is 1. The summed E-state index contributed by atoms with van der Waals surface area (Å²) in [5.74, 6) is 0. The summed E-state index contributed by atoms with van der Waals surface area (Å²) >= 11 is 0. The first-order chi connectivity index (χ1) is 10.1. The average Bonchev–Trinajstić information content (AvgIpc) is 3.12. The number of aromatic nitrogens is 2. The number of rotatable bonds is 9. The van der Waals surface area contributed by atoms with Crippen molar-refractivity contribution in [2.75, 3.05) is 32.7 Å². The van der Waals surface area contributed by atoms with Crippen molar-refractivity contribution in [3.63, 3.8) is 0 Å². The second-order valence-electron chi connectivity index (χ2n) is 5.30. The number of hydrogen-bond acceptors (Lipinski definition) is 5. The van der Waals surface area contributed by atoms with Gasteiger partial charge >= 0.3 is 0 Å². The molecule has 7 nitrogen and oxygen atoms in total. The predicted octanol–water partition coefficient (Wildman–Crippen LogP) is 0.283. The van der Waals surface area contributed by atoms with Gasteiger partial charge in [-0.3, -0.25) is 5.10 Å². The number of nitrogens with zero attached hydrogens (tertiary/aromatic N) is 2. The molecule has 120 valence electrons. The molecule has 2 heterocycles. The number of H-pyrrole nitrogens is 1. The molecule has 0 bridgehead atoms. The molecule has 3 N–H and O–H groups in total. The van der Waals surface area contributed by atoms with Crippen LogP contribution >= 0.6 is 0 Å². The smallest absolute Gasteiger partial charge is 0.257 e. The van der Waals surface area contributed by atoms with Crippen molar-refractivity contribution < 1.29 is 8.42 Å². The van der Waals surface area contributed by atoms with Gasteiger partial charge in [-0.15, -0.1) is 0 Å². The Kier molecular flexibility index (Phi) is 6.16. The molecule has 1 aliphatic rings. The van der Waals surface area contributed by atoms with Crippen LogP contribution in [0.15, 0.2) is 11.2 Å². The highest BCUT2D eigenvalue weighted by atomic mass is 32.2. The van der Waals surface area contributed by atoms with E-state index in [-0.39, 0.29) is 5.03 Å². The normalized spacial score (nSPS) is 16.6. The van der Waals surface area contributed by atoms with E-state index in [2.05, 4.69) is 25.1 Å². The van der Waals surface area contributed by atoms with Crippen LogP contribution in [0.5, 0.6) is 0 Å². The van der Waals surface area contributed by atoms with Crippen molar-refractivity contribution >= 4 is 10.0 Å². The summed E-state index contributed by atoms with van der Waals surface area (Å²) in [5, 5.41) is 9.71. The van der Waals surface area contributed by atoms with Crippen molar-refractivity contribution in [2.45, 2.75) is 37.8 Å². The fourth-order valence-electron chi connectivity index (χ4n) is 2.51. The molecule has 0 unspecified atom stereocenters. The van der Waals surface area contributed by atoms with Crippen LogP contribution in [0.1, 0.15) is 31.7 Å². The molecule has 0 radical (unpaired) electrons. The third kappa shape index (κ3) is 4.77. The Morgan fingerprint density at radius 2 is 2.14 bits per heavy atom. The van der Waals surface area contributed by atoms with Crippen molar-refractivity contribution in [3.8, 4) is 0 Å². The van der Waals surface area contributed by atoms with Gasteiger partial charge in [-0.05, 0) is 45.4 Å². The molecule has 1 saturated heterocycles. The lowest BCUT2D eigenvalue weighted by Crippen LogP contribution is -2.29. The molecule has 0 amide bonds. The minimum atomic E-state index is -3.50. The largest absolute Gasteiger partial charge is 0.313 e. The zero-order valence-electron chi connectivity index (χ0n) is 12.6. The van der Waals surface area contributed by atoms with Crippen LogP contribution in [0.3, 0.4) is 0 Å². The zero-order valence-corrected chi connectivity index (χ0v) is 13.4. The van der Waals surface area contributed by atoms with Gasteiger partial charge in [-0.2, -0.15) is 5.10 Å². The first-order valence-corrected chi connectivity index (χ1v) is 9.07. The quantitative estimate of drug-likeness (QED) is 0.570. The first-order valence-electron chi connectivity index (χ1n) is 7.58. The summed E-state index contributed by atoms with van der Waals surface area (Å²) < 4.78 is 27.1. The summed E-state index contributed by atoms with van der Waals surface area (Å²) in [6.07, 6.45) is 4.90. The van der Waals surface area contributed by atoms with Gasteiger partial charge in [0.1, 0.15) is 0 Å². The molecule has 2 rings (SSSR count). The van der Waals surface area contributed by atoms with Gasteiger partial charge in [0.05, 0.1) is 6.20 Å². The Labute approximate surface area is 126 Å². The third-order valence-electron chi connectivity index (χ3n) is 3.65. The highest BCUT2D eigenvalue weighted by Crippen LogP contribution is 2.11. The van der Waals surface area contributed by atoms with Crippen LogP contribution in [-0.2, 0) is 16.6 Å². The number of hydrogen-bond donors (Lipinski definition) is 3. The summed E-state index contributed by atoms with van der Waals surface area (Å²) in [7, 11) is -3.50. The fourth-order valence-corrected chi connectivity index (χ4v) is 3.71.